The molecule has 0 saturated heterocycles. The van der Waals surface area contributed by atoms with E-state index in [0.717, 1.165) is 43.0 Å². The van der Waals surface area contributed by atoms with Gasteiger partial charge in [-0.15, -0.1) is 0 Å². The zero-order chi connectivity index (χ0) is 12.4. The molecule has 1 aliphatic rings. The van der Waals surface area contributed by atoms with Gasteiger partial charge in [0.2, 0.25) is 5.95 Å². The minimum atomic E-state index is 0.389. The van der Waals surface area contributed by atoms with E-state index in [9.17, 15) is 0 Å². The van der Waals surface area contributed by atoms with Crippen molar-refractivity contribution in [3.8, 4) is 0 Å². The number of rotatable bonds is 2. The van der Waals surface area contributed by atoms with Crippen molar-refractivity contribution in [1.29, 1.82) is 0 Å². The monoisotopic (exact) mass is 234 g/mol. The minimum Gasteiger partial charge on any atom is -0.341 e. The van der Waals surface area contributed by atoms with Gasteiger partial charge in [-0.3, -0.25) is 0 Å². The molecule has 1 fully saturated rings. The summed E-state index contributed by atoms with van der Waals surface area (Å²) in [5.41, 5.74) is 8.00. The van der Waals surface area contributed by atoms with Crippen LogP contribution in [0.5, 0.6) is 0 Å². The fourth-order valence-electron chi connectivity index (χ4n) is 2.52. The van der Waals surface area contributed by atoms with Gasteiger partial charge in [0.05, 0.1) is 0 Å². The Morgan fingerprint density at radius 1 is 1.12 bits per heavy atom. The Balaban J connectivity index is 2.10. The molecule has 0 amide bonds. The van der Waals surface area contributed by atoms with Gasteiger partial charge in [-0.05, 0) is 45.6 Å². The van der Waals surface area contributed by atoms with Gasteiger partial charge < -0.3 is 10.6 Å². The maximum absolute atomic E-state index is 5.93. The van der Waals surface area contributed by atoms with Crippen molar-refractivity contribution in [3.63, 3.8) is 0 Å². The summed E-state index contributed by atoms with van der Waals surface area (Å²) in [4.78, 5) is 11.2. The van der Waals surface area contributed by atoms with Crippen molar-refractivity contribution in [2.45, 2.75) is 51.6 Å². The Labute approximate surface area is 103 Å². The van der Waals surface area contributed by atoms with Crippen molar-refractivity contribution < 1.29 is 0 Å². The van der Waals surface area contributed by atoms with Crippen molar-refractivity contribution in [2.24, 2.45) is 5.73 Å². The van der Waals surface area contributed by atoms with E-state index in [1.807, 2.05) is 19.9 Å². The van der Waals surface area contributed by atoms with Crippen LogP contribution >= 0.6 is 0 Å². The molecular formula is C13H22N4. The van der Waals surface area contributed by atoms with E-state index in [-0.39, 0.29) is 0 Å². The Hall–Kier alpha value is -1.16. The first-order valence-corrected chi connectivity index (χ1v) is 6.37. The van der Waals surface area contributed by atoms with Crippen molar-refractivity contribution >= 4 is 5.95 Å². The summed E-state index contributed by atoms with van der Waals surface area (Å²) in [7, 11) is 2.09. The molecule has 1 aromatic heterocycles. The molecule has 0 radical (unpaired) electrons. The fourth-order valence-corrected chi connectivity index (χ4v) is 2.52. The van der Waals surface area contributed by atoms with E-state index in [2.05, 4.69) is 21.9 Å². The molecule has 0 aromatic carbocycles. The Kier molecular flexibility index (Phi) is 3.62. The second-order valence-electron chi connectivity index (χ2n) is 5.13. The fraction of sp³-hybridized carbons (Fsp3) is 0.692. The lowest BCUT2D eigenvalue weighted by Gasteiger charge is -2.33. The summed E-state index contributed by atoms with van der Waals surface area (Å²) in [6.07, 6.45) is 4.52. The third-order valence-corrected chi connectivity index (χ3v) is 3.58. The van der Waals surface area contributed by atoms with Crippen LogP contribution in [0.4, 0.5) is 5.95 Å². The Bertz CT molecular complexity index is 363. The van der Waals surface area contributed by atoms with E-state index in [1.165, 1.54) is 0 Å². The molecule has 0 spiro atoms. The topological polar surface area (TPSA) is 55.0 Å². The first-order chi connectivity index (χ1) is 8.06. The highest BCUT2D eigenvalue weighted by molar-refractivity contribution is 5.32. The standard InChI is InChI=1S/C13H22N4/c1-9-8-10(2)16-13(15-9)17(3)12-6-4-11(14)5-7-12/h8,11-12H,4-7,14H2,1-3H3. The van der Waals surface area contributed by atoms with Crippen LogP contribution in [-0.4, -0.2) is 29.1 Å². The zero-order valence-corrected chi connectivity index (χ0v) is 11.0. The van der Waals surface area contributed by atoms with Crippen LogP contribution in [-0.2, 0) is 0 Å². The number of hydrogen-bond donors (Lipinski definition) is 1. The average Bonchev–Trinajstić information content (AvgIpc) is 2.28. The molecule has 17 heavy (non-hydrogen) atoms. The third kappa shape index (κ3) is 2.94. The lowest BCUT2D eigenvalue weighted by Crippen LogP contribution is -2.39. The summed E-state index contributed by atoms with van der Waals surface area (Å²) in [6, 6.07) is 2.93. The lowest BCUT2D eigenvalue weighted by atomic mass is 9.91. The van der Waals surface area contributed by atoms with Crippen LogP contribution in [0.2, 0.25) is 0 Å². The predicted octanol–water partition coefficient (Wildman–Crippen LogP) is 1.80. The molecule has 94 valence electrons. The number of hydrogen-bond acceptors (Lipinski definition) is 4. The quantitative estimate of drug-likeness (QED) is 0.847. The highest BCUT2D eigenvalue weighted by Gasteiger charge is 2.23. The number of anilines is 1. The molecule has 0 aliphatic heterocycles. The number of aryl methyl sites for hydroxylation is 2. The van der Waals surface area contributed by atoms with Crippen molar-refractivity contribution in [3.05, 3.63) is 17.5 Å². The molecule has 2 rings (SSSR count). The molecule has 4 heteroatoms. The van der Waals surface area contributed by atoms with Crippen LogP contribution in [0.1, 0.15) is 37.1 Å². The average molecular weight is 234 g/mol. The number of aromatic nitrogens is 2. The van der Waals surface area contributed by atoms with Gasteiger partial charge in [0.25, 0.3) is 0 Å². The van der Waals surface area contributed by atoms with Gasteiger partial charge in [-0.25, -0.2) is 9.97 Å². The van der Waals surface area contributed by atoms with Gasteiger partial charge in [-0.2, -0.15) is 0 Å². The smallest absolute Gasteiger partial charge is 0.225 e. The van der Waals surface area contributed by atoms with E-state index >= 15 is 0 Å². The van der Waals surface area contributed by atoms with Gasteiger partial charge in [0, 0.05) is 30.5 Å². The summed E-state index contributed by atoms with van der Waals surface area (Å²) in [5.74, 6) is 0.850. The first-order valence-electron chi connectivity index (χ1n) is 6.37. The minimum absolute atomic E-state index is 0.389. The molecule has 0 bridgehead atoms. The SMILES string of the molecule is Cc1cc(C)nc(N(C)C2CCC(N)CC2)n1. The van der Waals surface area contributed by atoms with Crippen LogP contribution in [0.25, 0.3) is 0 Å². The molecular weight excluding hydrogens is 212 g/mol. The Morgan fingerprint density at radius 2 is 1.65 bits per heavy atom. The molecule has 0 atom stereocenters. The van der Waals surface area contributed by atoms with Crippen LogP contribution in [0, 0.1) is 13.8 Å². The molecule has 2 N–H and O–H groups in total. The summed E-state index contributed by atoms with van der Waals surface area (Å²) in [5, 5.41) is 0. The summed E-state index contributed by atoms with van der Waals surface area (Å²) >= 11 is 0. The summed E-state index contributed by atoms with van der Waals surface area (Å²) in [6.45, 7) is 4.03. The third-order valence-electron chi connectivity index (χ3n) is 3.58. The molecule has 4 nitrogen and oxygen atoms in total. The van der Waals surface area contributed by atoms with E-state index in [4.69, 9.17) is 5.73 Å². The number of nitrogens with two attached hydrogens (primary N) is 1. The van der Waals surface area contributed by atoms with Gasteiger partial charge in [0.1, 0.15) is 0 Å². The Morgan fingerprint density at radius 3 is 2.18 bits per heavy atom. The zero-order valence-electron chi connectivity index (χ0n) is 11.0. The maximum atomic E-state index is 5.93. The summed E-state index contributed by atoms with van der Waals surface area (Å²) < 4.78 is 0. The van der Waals surface area contributed by atoms with Crippen LogP contribution in [0.15, 0.2) is 6.07 Å². The first kappa shape index (κ1) is 12.3. The van der Waals surface area contributed by atoms with Crippen LogP contribution < -0.4 is 10.6 Å². The molecule has 1 aromatic rings. The molecule has 0 unspecified atom stereocenters. The van der Waals surface area contributed by atoms with E-state index in [0.29, 0.717) is 12.1 Å². The van der Waals surface area contributed by atoms with E-state index in [1.54, 1.807) is 0 Å². The molecule has 1 aliphatic carbocycles. The number of nitrogens with zero attached hydrogens (tertiary/aromatic N) is 3. The predicted molar refractivity (Wildman–Crippen MR) is 70.1 cm³/mol. The second kappa shape index (κ2) is 5.00. The van der Waals surface area contributed by atoms with Crippen molar-refractivity contribution in [1.82, 2.24) is 9.97 Å². The van der Waals surface area contributed by atoms with Gasteiger partial charge in [0.15, 0.2) is 0 Å². The van der Waals surface area contributed by atoms with E-state index < -0.39 is 0 Å². The molecule has 1 saturated carbocycles. The second-order valence-corrected chi connectivity index (χ2v) is 5.13. The van der Waals surface area contributed by atoms with Crippen molar-refractivity contribution in [2.75, 3.05) is 11.9 Å². The van der Waals surface area contributed by atoms with Gasteiger partial charge >= 0.3 is 0 Å². The highest BCUT2D eigenvalue weighted by Crippen LogP contribution is 2.23. The normalized spacial score (nSPS) is 24.7. The highest BCUT2D eigenvalue weighted by atomic mass is 15.3. The largest absolute Gasteiger partial charge is 0.341 e. The maximum Gasteiger partial charge on any atom is 0.225 e. The van der Waals surface area contributed by atoms with Crippen LogP contribution in [0.3, 0.4) is 0 Å². The lowest BCUT2D eigenvalue weighted by molar-refractivity contribution is 0.382. The van der Waals surface area contributed by atoms with Gasteiger partial charge in [-0.1, -0.05) is 0 Å². The molecule has 1 heterocycles.